The number of benzene rings is 1. The third-order valence-electron chi connectivity index (χ3n) is 4.90. The quantitative estimate of drug-likeness (QED) is 0.567. The number of hydrogen-bond donors (Lipinski definition) is 0. The van der Waals surface area contributed by atoms with E-state index in [1.807, 2.05) is 27.7 Å². The van der Waals surface area contributed by atoms with Gasteiger partial charge in [0.2, 0.25) is 0 Å². The van der Waals surface area contributed by atoms with Crippen LogP contribution in [0.4, 0.5) is 4.39 Å². The van der Waals surface area contributed by atoms with Gasteiger partial charge in [0.05, 0.1) is 16.8 Å². The van der Waals surface area contributed by atoms with Crippen molar-refractivity contribution in [3.8, 4) is 0 Å². The molecule has 0 aliphatic carbocycles. The third kappa shape index (κ3) is 4.27. The zero-order chi connectivity index (χ0) is 19.7. The highest BCUT2D eigenvalue weighted by atomic mass is 32.2. The summed E-state index contributed by atoms with van der Waals surface area (Å²) in [6.07, 6.45) is 2.22. The molecule has 1 saturated heterocycles. The van der Waals surface area contributed by atoms with Crippen LogP contribution in [-0.4, -0.2) is 35.5 Å². The zero-order valence-electron chi connectivity index (χ0n) is 16.0. The lowest BCUT2D eigenvalue weighted by atomic mass is 9.77. The number of carbonyl (C=O) groups excluding carboxylic acids is 2. The average Bonchev–Trinajstić information content (AvgIpc) is 2.74. The molecule has 2 rings (SSSR count). The summed E-state index contributed by atoms with van der Waals surface area (Å²) < 4.78 is 26.2. The normalized spacial score (nSPS) is 18.9. The van der Waals surface area contributed by atoms with Crippen LogP contribution in [0.1, 0.15) is 56.1 Å². The van der Waals surface area contributed by atoms with Crippen LogP contribution < -0.4 is 0 Å². The highest BCUT2D eigenvalue weighted by Gasteiger charge is 2.52. The molecule has 1 aliphatic rings. The van der Waals surface area contributed by atoms with Crippen LogP contribution in [0.25, 0.3) is 6.08 Å². The highest BCUT2D eigenvalue weighted by Crippen LogP contribution is 2.39. The second-order valence-electron chi connectivity index (χ2n) is 7.40. The Hall–Kier alpha value is -1.44. The first-order valence-corrected chi connectivity index (χ1v) is 9.41. The molecule has 0 unspecified atom stereocenters. The monoisotopic (exact) mass is 378 g/mol. The van der Waals surface area contributed by atoms with E-state index in [0.29, 0.717) is 23.1 Å². The predicted octanol–water partition coefficient (Wildman–Crippen LogP) is 4.24. The summed E-state index contributed by atoms with van der Waals surface area (Å²) in [5.74, 6) is -0.246. The molecule has 140 valence electrons. The van der Waals surface area contributed by atoms with Gasteiger partial charge in [-0.15, -0.1) is 0 Å². The second kappa shape index (κ2) is 7.67. The molecule has 0 amide bonds. The molecular weight excluding hydrogens is 354 g/mol. The van der Waals surface area contributed by atoms with Gasteiger partial charge in [-0.3, -0.25) is 9.59 Å². The summed E-state index contributed by atoms with van der Waals surface area (Å²) in [5.41, 5.74) is 0.834. The highest BCUT2D eigenvalue weighted by molar-refractivity contribution is 8.13. The Morgan fingerprint density at radius 3 is 2.27 bits per heavy atom. The van der Waals surface area contributed by atoms with E-state index >= 15 is 0 Å². The molecule has 0 bridgehead atoms. The lowest BCUT2D eigenvalue weighted by Gasteiger charge is -2.32. The first-order valence-electron chi connectivity index (χ1n) is 8.42. The van der Waals surface area contributed by atoms with E-state index in [0.717, 1.165) is 17.3 Å². The van der Waals surface area contributed by atoms with Crippen molar-refractivity contribution in [2.24, 2.45) is 0 Å². The number of aryl methyl sites for hydroxylation is 1. The molecule has 1 aromatic carbocycles. The van der Waals surface area contributed by atoms with Gasteiger partial charge >= 0.3 is 7.12 Å². The summed E-state index contributed by atoms with van der Waals surface area (Å²) >= 11 is 1.12. The first kappa shape index (κ1) is 20.9. The van der Waals surface area contributed by atoms with E-state index in [-0.39, 0.29) is 10.7 Å². The molecular formula is C19H24BFO4S. The Morgan fingerprint density at radius 1 is 1.19 bits per heavy atom. The molecule has 1 heterocycles. The Bertz CT molecular complexity index is 742. The van der Waals surface area contributed by atoms with E-state index in [4.69, 9.17) is 9.31 Å². The SMILES string of the molecule is CC(=O)SCC(=Cc1c(C)ccc(F)c1C=O)B1OC(C)(C)C(C)(C)O1. The fourth-order valence-corrected chi connectivity index (χ4v) is 3.16. The van der Waals surface area contributed by atoms with Crippen LogP contribution in [0.5, 0.6) is 0 Å². The van der Waals surface area contributed by atoms with Crippen molar-refractivity contribution >= 4 is 36.4 Å². The van der Waals surface area contributed by atoms with E-state index in [1.54, 1.807) is 19.1 Å². The molecule has 26 heavy (non-hydrogen) atoms. The largest absolute Gasteiger partial charge is 0.491 e. The molecule has 0 spiro atoms. The van der Waals surface area contributed by atoms with Crippen LogP contribution in [0.3, 0.4) is 0 Å². The summed E-state index contributed by atoms with van der Waals surface area (Å²) in [6.45, 7) is 11.0. The molecule has 1 fully saturated rings. The maximum Gasteiger partial charge on any atom is 0.491 e. The van der Waals surface area contributed by atoms with E-state index in [2.05, 4.69) is 0 Å². The standard InChI is InChI=1S/C19H24BFO4S/c1-12-7-8-17(21)16(10-22)15(12)9-14(11-26-13(2)23)20-24-18(3,4)19(5,6)25-20/h7-10H,11H2,1-6H3. The van der Waals surface area contributed by atoms with Crippen LogP contribution in [-0.2, 0) is 14.1 Å². The maximum absolute atomic E-state index is 14.0. The smallest absolute Gasteiger partial charge is 0.400 e. The topological polar surface area (TPSA) is 52.6 Å². The van der Waals surface area contributed by atoms with Gasteiger partial charge in [0.15, 0.2) is 11.4 Å². The summed E-state index contributed by atoms with van der Waals surface area (Å²) in [5, 5.41) is -0.0426. The lowest BCUT2D eigenvalue weighted by Crippen LogP contribution is -2.41. The van der Waals surface area contributed by atoms with Crippen molar-refractivity contribution in [1.82, 2.24) is 0 Å². The van der Waals surface area contributed by atoms with E-state index in [9.17, 15) is 14.0 Å². The fraction of sp³-hybridized carbons (Fsp3) is 0.474. The summed E-state index contributed by atoms with van der Waals surface area (Å²) in [6, 6.07) is 2.89. The molecule has 0 aromatic heterocycles. The number of halogens is 1. The second-order valence-corrected chi connectivity index (χ2v) is 8.55. The van der Waals surface area contributed by atoms with Crippen molar-refractivity contribution in [3.05, 3.63) is 40.1 Å². The Balaban J connectivity index is 2.50. The van der Waals surface area contributed by atoms with Gasteiger partial charge in [-0.25, -0.2) is 4.39 Å². The number of hydrogen-bond acceptors (Lipinski definition) is 5. The van der Waals surface area contributed by atoms with Gasteiger partial charge in [-0.2, -0.15) is 0 Å². The van der Waals surface area contributed by atoms with Crippen molar-refractivity contribution in [3.63, 3.8) is 0 Å². The van der Waals surface area contributed by atoms with Crippen LogP contribution >= 0.6 is 11.8 Å². The maximum atomic E-state index is 14.0. The minimum atomic E-state index is -0.672. The Labute approximate surface area is 158 Å². The van der Waals surface area contributed by atoms with Crippen molar-refractivity contribution in [2.75, 3.05) is 5.75 Å². The van der Waals surface area contributed by atoms with Crippen LogP contribution in [0, 0.1) is 12.7 Å². The average molecular weight is 378 g/mol. The third-order valence-corrected chi connectivity index (χ3v) is 5.78. The fourth-order valence-electron chi connectivity index (χ4n) is 2.57. The number of rotatable bonds is 5. The van der Waals surface area contributed by atoms with Gasteiger partial charge in [0.25, 0.3) is 0 Å². The van der Waals surface area contributed by atoms with Crippen molar-refractivity contribution in [2.45, 2.75) is 52.7 Å². The molecule has 0 atom stereocenters. The minimum absolute atomic E-state index is 0.00755. The molecule has 0 N–H and O–H groups in total. The van der Waals surface area contributed by atoms with Crippen molar-refractivity contribution in [1.29, 1.82) is 0 Å². The zero-order valence-corrected chi connectivity index (χ0v) is 16.8. The first-order chi connectivity index (χ1) is 12.0. The Morgan fingerprint density at radius 2 is 1.77 bits per heavy atom. The molecule has 1 aliphatic heterocycles. The molecule has 0 radical (unpaired) electrons. The number of aldehydes is 1. The molecule has 0 saturated carbocycles. The molecule has 1 aromatic rings. The number of thioether (sulfide) groups is 1. The lowest BCUT2D eigenvalue weighted by molar-refractivity contribution is -0.109. The van der Waals surface area contributed by atoms with E-state index < -0.39 is 24.1 Å². The van der Waals surface area contributed by atoms with Crippen LogP contribution in [0.2, 0.25) is 0 Å². The van der Waals surface area contributed by atoms with Crippen molar-refractivity contribution < 1.29 is 23.3 Å². The van der Waals surface area contributed by atoms with E-state index in [1.165, 1.54) is 13.0 Å². The van der Waals surface area contributed by atoms with Gasteiger partial charge < -0.3 is 9.31 Å². The van der Waals surface area contributed by atoms with Gasteiger partial charge in [-0.1, -0.05) is 23.9 Å². The van der Waals surface area contributed by atoms with Gasteiger partial charge in [0, 0.05) is 12.7 Å². The summed E-state index contributed by atoms with van der Waals surface area (Å²) in [7, 11) is -0.672. The summed E-state index contributed by atoms with van der Waals surface area (Å²) in [4.78, 5) is 22.8. The van der Waals surface area contributed by atoms with Gasteiger partial charge in [-0.05, 0) is 57.3 Å². The minimum Gasteiger partial charge on any atom is -0.400 e. The van der Waals surface area contributed by atoms with Crippen LogP contribution in [0.15, 0.2) is 17.6 Å². The molecule has 7 heteroatoms. The molecule has 4 nitrogen and oxygen atoms in total. The Kier molecular flexibility index (Phi) is 6.15. The number of carbonyl (C=O) groups is 2. The predicted molar refractivity (Wildman–Crippen MR) is 104 cm³/mol. The van der Waals surface area contributed by atoms with Gasteiger partial charge in [0.1, 0.15) is 5.82 Å².